The van der Waals surface area contributed by atoms with Crippen LogP contribution in [0.5, 0.6) is 0 Å². The first-order valence-corrected chi connectivity index (χ1v) is 9.84. The number of rotatable bonds is 3. The van der Waals surface area contributed by atoms with Crippen LogP contribution in [0.3, 0.4) is 0 Å². The highest BCUT2D eigenvalue weighted by Gasteiger charge is 2.29. The SMILES string of the molecule is NC1CN(c2nc3cc(F)c(F)cc3n2Cc2cccc3ncccc23)CCC1F. The maximum absolute atomic E-state index is 14.1. The van der Waals surface area contributed by atoms with Crippen molar-refractivity contribution in [2.45, 2.75) is 25.2 Å². The molecule has 1 aliphatic heterocycles. The quantitative estimate of drug-likeness (QED) is 0.557. The molecule has 154 valence electrons. The topological polar surface area (TPSA) is 60.0 Å². The molecule has 1 aliphatic rings. The minimum Gasteiger partial charge on any atom is -0.340 e. The predicted molar refractivity (Wildman–Crippen MR) is 110 cm³/mol. The maximum atomic E-state index is 14.1. The van der Waals surface area contributed by atoms with Gasteiger partial charge in [0.1, 0.15) is 6.17 Å². The van der Waals surface area contributed by atoms with Crippen molar-refractivity contribution in [1.29, 1.82) is 0 Å². The van der Waals surface area contributed by atoms with Gasteiger partial charge in [0.15, 0.2) is 11.6 Å². The van der Waals surface area contributed by atoms with Gasteiger partial charge in [0, 0.05) is 36.8 Å². The first kappa shape index (κ1) is 18.9. The number of aromatic nitrogens is 3. The van der Waals surface area contributed by atoms with Crippen molar-refractivity contribution in [3.8, 4) is 0 Å². The molecular formula is C22H20F3N5. The zero-order chi connectivity index (χ0) is 20.8. The number of piperidine rings is 1. The number of halogens is 3. The van der Waals surface area contributed by atoms with Gasteiger partial charge in [0.2, 0.25) is 5.95 Å². The second-order valence-corrected chi connectivity index (χ2v) is 7.65. The molecule has 0 radical (unpaired) electrons. The molecule has 2 unspecified atom stereocenters. The second-order valence-electron chi connectivity index (χ2n) is 7.65. The van der Waals surface area contributed by atoms with Gasteiger partial charge in [-0.3, -0.25) is 4.98 Å². The Morgan fingerprint density at radius 1 is 1.07 bits per heavy atom. The summed E-state index contributed by atoms with van der Waals surface area (Å²) in [6, 6.07) is 11.3. The van der Waals surface area contributed by atoms with Gasteiger partial charge < -0.3 is 15.2 Å². The van der Waals surface area contributed by atoms with Crippen molar-refractivity contribution < 1.29 is 13.2 Å². The summed E-state index contributed by atoms with van der Waals surface area (Å²) in [5.41, 5.74) is 8.58. The molecule has 1 saturated heterocycles. The third kappa shape index (κ3) is 3.17. The molecule has 30 heavy (non-hydrogen) atoms. The van der Waals surface area contributed by atoms with Crippen molar-refractivity contribution in [3.63, 3.8) is 0 Å². The van der Waals surface area contributed by atoms with E-state index in [1.54, 1.807) is 6.20 Å². The highest BCUT2D eigenvalue weighted by Crippen LogP contribution is 2.29. The molecule has 1 fully saturated rings. The third-order valence-corrected chi connectivity index (χ3v) is 5.69. The van der Waals surface area contributed by atoms with E-state index in [0.717, 1.165) is 28.6 Å². The van der Waals surface area contributed by atoms with Crippen LogP contribution in [0.4, 0.5) is 19.1 Å². The van der Waals surface area contributed by atoms with Gasteiger partial charge in [-0.2, -0.15) is 0 Å². The number of nitrogens with zero attached hydrogens (tertiary/aromatic N) is 4. The summed E-state index contributed by atoms with van der Waals surface area (Å²) in [5.74, 6) is -1.36. The van der Waals surface area contributed by atoms with Gasteiger partial charge in [0.05, 0.1) is 29.1 Å². The molecule has 5 rings (SSSR count). The molecule has 2 N–H and O–H groups in total. The molecule has 8 heteroatoms. The highest BCUT2D eigenvalue weighted by atomic mass is 19.2. The summed E-state index contributed by atoms with van der Waals surface area (Å²) in [6.45, 7) is 1.09. The van der Waals surface area contributed by atoms with E-state index < -0.39 is 23.8 Å². The second kappa shape index (κ2) is 7.28. The Kier molecular flexibility index (Phi) is 4.58. The summed E-state index contributed by atoms with van der Waals surface area (Å²) in [4.78, 5) is 10.8. The van der Waals surface area contributed by atoms with Gasteiger partial charge in [-0.15, -0.1) is 0 Å². The molecule has 4 aromatic rings. The lowest BCUT2D eigenvalue weighted by Crippen LogP contribution is -2.50. The van der Waals surface area contributed by atoms with Gasteiger partial charge >= 0.3 is 0 Å². The Bertz CT molecular complexity index is 1230. The number of imidazole rings is 1. The smallest absolute Gasteiger partial charge is 0.206 e. The first-order chi connectivity index (χ1) is 14.5. The molecule has 0 amide bonds. The monoisotopic (exact) mass is 411 g/mol. The van der Waals surface area contributed by atoms with E-state index >= 15 is 0 Å². The Hall–Kier alpha value is -3.13. The van der Waals surface area contributed by atoms with Gasteiger partial charge in [0.25, 0.3) is 0 Å². The number of alkyl halides is 1. The summed E-state index contributed by atoms with van der Waals surface area (Å²) in [6.07, 6.45) is 0.939. The third-order valence-electron chi connectivity index (χ3n) is 5.69. The number of benzene rings is 2. The van der Waals surface area contributed by atoms with Crippen LogP contribution in [-0.4, -0.2) is 39.8 Å². The lowest BCUT2D eigenvalue weighted by atomic mass is 10.1. The number of hydrogen-bond donors (Lipinski definition) is 1. The van der Waals surface area contributed by atoms with Crippen LogP contribution in [0.1, 0.15) is 12.0 Å². The number of fused-ring (bicyclic) bond motifs is 2. The van der Waals surface area contributed by atoms with Crippen LogP contribution in [0.15, 0.2) is 48.7 Å². The van der Waals surface area contributed by atoms with Crippen molar-refractivity contribution in [3.05, 3.63) is 65.9 Å². The molecule has 0 spiro atoms. The zero-order valence-electron chi connectivity index (χ0n) is 16.1. The van der Waals surface area contributed by atoms with E-state index in [9.17, 15) is 13.2 Å². The van der Waals surface area contributed by atoms with Gasteiger partial charge in [-0.1, -0.05) is 18.2 Å². The van der Waals surface area contributed by atoms with Crippen LogP contribution < -0.4 is 10.6 Å². The van der Waals surface area contributed by atoms with E-state index in [0.29, 0.717) is 30.1 Å². The molecule has 2 aromatic heterocycles. The molecule has 3 heterocycles. The van der Waals surface area contributed by atoms with E-state index in [1.165, 1.54) is 0 Å². The summed E-state index contributed by atoms with van der Waals surface area (Å²) in [7, 11) is 0. The van der Waals surface area contributed by atoms with Crippen LogP contribution in [-0.2, 0) is 6.54 Å². The zero-order valence-corrected chi connectivity index (χ0v) is 16.1. The molecule has 0 saturated carbocycles. The molecule has 2 aromatic carbocycles. The minimum absolute atomic E-state index is 0.283. The number of pyridine rings is 1. The molecule has 2 atom stereocenters. The summed E-state index contributed by atoms with van der Waals surface area (Å²) >= 11 is 0. The van der Waals surface area contributed by atoms with E-state index in [-0.39, 0.29) is 13.0 Å². The van der Waals surface area contributed by atoms with Crippen LogP contribution >= 0.6 is 0 Å². The predicted octanol–water partition coefficient (Wildman–Crippen LogP) is 3.79. The number of hydrogen-bond acceptors (Lipinski definition) is 4. The fourth-order valence-corrected chi connectivity index (χ4v) is 4.12. The fraction of sp³-hybridized carbons (Fsp3) is 0.273. The van der Waals surface area contributed by atoms with Crippen molar-refractivity contribution in [1.82, 2.24) is 14.5 Å². The number of anilines is 1. The Morgan fingerprint density at radius 3 is 2.73 bits per heavy atom. The Labute approximate surface area is 170 Å². The van der Waals surface area contributed by atoms with Gasteiger partial charge in [-0.25, -0.2) is 18.2 Å². The lowest BCUT2D eigenvalue weighted by Gasteiger charge is -2.34. The fourth-order valence-electron chi connectivity index (χ4n) is 4.12. The largest absolute Gasteiger partial charge is 0.340 e. The average molecular weight is 411 g/mol. The van der Waals surface area contributed by atoms with Crippen LogP contribution in [0.2, 0.25) is 0 Å². The van der Waals surface area contributed by atoms with Crippen molar-refractivity contribution >= 4 is 27.9 Å². The Morgan fingerprint density at radius 2 is 1.90 bits per heavy atom. The van der Waals surface area contributed by atoms with Crippen LogP contribution in [0.25, 0.3) is 21.9 Å². The minimum atomic E-state index is -1.07. The Balaban J connectivity index is 1.66. The highest BCUT2D eigenvalue weighted by molar-refractivity contribution is 5.83. The molecule has 5 nitrogen and oxygen atoms in total. The average Bonchev–Trinajstić information content (AvgIpc) is 3.08. The normalized spacial score (nSPS) is 19.7. The first-order valence-electron chi connectivity index (χ1n) is 9.84. The van der Waals surface area contributed by atoms with Gasteiger partial charge in [-0.05, 0) is 24.1 Å². The van der Waals surface area contributed by atoms with E-state index in [2.05, 4.69) is 9.97 Å². The maximum Gasteiger partial charge on any atom is 0.206 e. The summed E-state index contributed by atoms with van der Waals surface area (Å²) in [5, 5.41) is 0.967. The van der Waals surface area contributed by atoms with Crippen molar-refractivity contribution in [2.75, 3.05) is 18.0 Å². The summed E-state index contributed by atoms with van der Waals surface area (Å²) < 4.78 is 43.7. The molecule has 0 aliphatic carbocycles. The number of nitrogens with two attached hydrogens (primary N) is 1. The van der Waals surface area contributed by atoms with Crippen molar-refractivity contribution in [2.24, 2.45) is 5.73 Å². The molecular weight excluding hydrogens is 391 g/mol. The van der Waals surface area contributed by atoms with Crippen LogP contribution in [0, 0.1) is 11.6 Å². The van der Waals surface area contributed by atoms with E-state index in [1.807, 2.05) is 39.8 Å². The van der Waals surface area contributed by atoms with E-state index in [4.69, 9.17) is 5.73 Å². The standard InChI is InChI=1S/C22H20F3N5/c23-15-6-8-29(12-18(15)26)22-28-20-9-16(24)17(25)10-21(20)30(22)11-13-3-1-5-19-14(13)4-2-7-27-19/h1-5,7,9-10,15,18H,6,8,11-12,26H2. The lowest BCUT2D eigenvalue weighted by molar-refractivity contribution is 0.243. The molecule has 0 bridgehead atoms.